The summed E-state index contributed by atoms with van der Waals surface area (Å²) in [7, 11) is 1.61. The third-order valence-corrected chi connectivity index (χ3v) is 1.92. The first-order valence-corrected chi connectivity index (χ1v) is 5.71. The smallest absolute Gasteiger partial charge is 0.323 e. The van der Waals surface area contributed by atoms with Crippen molar-refractivity contribution in [2.24, 2.45) is 0 Å². The molecule has 0 saturated heterocycles. The minimum atomic E-state index is -0.904. The van der Waals surface area contributed by atoms with E-state index in [1.165, 1.54) is 0 Å². The molecular weight excluding hydrogens is 226 g/mol. The second kappa shape index (κ2) is 10.5. The number of carbonyl (C=O) groups is 1. The Morgan fingerprint density at radius 1 is 1.18 bits per heavy atom. The van der Waals surface area contributed by atoms with Crippen LogP contribution in [0.3, 0.4) is 0 Å². The molecule has 0 bridgehead atoms. The molecule has 0 rings (SSSR count). The largest absolute Gasteiger partial charge is 0.480 e. The van der Waals surface area contributed by atoms with Crippen molar-refractivity contribution in [2.45, 2.75) is 25.9 Å². The summed E-state index contributed by atoms with van der Waals surface area (Å²) in [6.45, 7) is 5.82. The summed E-state index contributed by atoms with van der Waals surface area (Å²) in [6, 6.07) is -0.563. The fraction of sp³-hybridized carbons (Fsp3) is 0.909. The molecule has 0 radical (unpaired) electrons. The van der Waals surface area contributed by atoms with Crippen molar-refractivity contribution < 1.29 is 24.1 Å². The van der Waals surface area contributed by atoms with Gasteiger partial charge in [0.1, 0.15) is 6.04 Å². The zero-order valence-corrected chi connectivity index (χ0v) is 10.8. The van der Waals surface area contributed by atoms with Crippen molar-refractivity contribution in [3.05, 3.63) is 0 Å². The third kappa shape index (κ3) is 10.2. The van der Waals surface area contributed by atoms with E-state index in [1.807, 2.05) is 13.8 Å². The summed E-state index contributed by atoms with van der Waals surface area (Å²) in [5, 5.41) is 11.8. The average Bonchev–Trinajstić information content (AvgIpc) is 2.25. The van der Waals surface area contributed by atoms with E-state index in [0.29, 0.717) is 26.4 Å². The molecule has 0 aromatic carbocycles. The Balaban J connectivity index is 3.51. The number of methoxy groups -OCH3 is 1. The van der Waals surface area contributed by atoms with Crippen LogP contribution < -0.4 is 5.32 Å². The van der Waals surface area contributed by atoms with Crippen LogP contribution in [0.2, 0.25) is 0 Å². The molecule has 0 spiro atoms. The molecule has 0 aliphatic carbocycles. The summed E-state index contributed by atoms with van der Waals surface area (Å²) in [5.74, 6) is -0.904. The maximum Gasteiger partial charge on any atom is 0.323 e. The summed E-state index contributed by atoms with van der Waals surface area (Å²) >= 11 is 0. The van der Waals surface area contributed by atoms with Crippen LogP contribution in [0.15, 0.2) is 0 Å². The molecule has 17 heavy (non-hydrogen) atoms. The Kier molecular flexibility index (Phi) is 10.0. The van der Waals surface area contributed by atoms with Crippen molar-refractivity contribution in [3.63, 3.8) is 0 Å². The molecule has 0 amide bonds. The van der Waals surface area contributed by atoms with Crippen molar-refractivity contribution in [1.82, 2.24) is 5.32 Å². The zero-order valence-electron chi connectivity index (χ0n) is 10.8. The average molecular weight is 249 g/mol. The first-order chi connectivity index (χ1) is 8.07. The van der Waals surface area contributed by atoms with Crippen LogP contribution in [-0.2, 0) is 19.0 Å². The number of carboxylic acid groups (broad SMARTS) is 1. The van der Waals surface area contributed by atoms with Gasteiger partial charge in [-0.05, 0) is 0 Å². The van der Waals surface area contributed by atoms with E-state index >= 15 is 0 Å². The lowest BCUT2D eigenvalue weighted by atomic mass is 10.2. The lowest BCUT2D eigenvalue weighted by Crippen LogP contribution is -2.44. The summed E-state index contributed by atoms with van der Waals surface area (Å²) in [4.78, 5) is 10.8. The van der Waals surface area contributed by atoms with E-state index in [1.54, 1.807) is 7.11 Å². The zero-order chi connectivity index (χ0) is 13.1. The highest BCUT2D eigenvalue weighted by molar-refractivity contribution is 5.73. The number of carboxylic acids is 1. The van der Waals surface area contributed by atoms with Crippen molar-refractivity contribution in [3.8, 4) is 0 Å². The standard InChI is InChI=1S/C11H23NO5/c1-9(2)12-10(11(13)14)8-17-7-6-16-5-4-15-3/h9-10,12H,4-8H2,1-3H3,(H,13,14). The molecule has 0 aromatic heterocycles. The van der Waals surface area contributed by atoms with Gasteiger partial charge in [-0.3, -0.25) is 4.79 Å². The highest BCUT2D eigenvalue weighted by Crippen LogP contribution is 1.91. The van der Waals surface area contributed by atoms with Crippen LogP contribution >= 0.6 is 0 Å². The minimum Gasteiger partial charge on any atom is -0.480 e. The van der Waals surface area contributed by atoms with Gasteiger partial charge in [0, 0.05) is 13.2 Å². The minimum absolute atomic E-state index is 0.109. The van der Waals surface area contributed by atoms with Gasteiger partial charge < -0.3 is 24.6 Å². The van der Waals surface area contributed by atoms with Gasteiger partial charge in [-0.2, -0.15) is 0 Å². The quantitative estimate of drug-likeness (QED) is 0.506. The van der Waals surface area contributed by atoms with Crippen LogP contribution in [0.1, 0.15) is 13.8 Å². The summed E-state index contributed by atoms with van der Waals surface area (Å²) in [5.41, 5.74) is 0. The van der Waals surface area contributed by atoms with E-state index in [9.17, 15) is 4.79 Å². The summed E-state index contributed by atoms with van der Waals surface area (Å²) in [6.07, 6.45) is 0. The predicted octanol–water partition coefficient (Wildman–Crippen LogP) is 0.117. The maximum atomic E-state index is 10.8. The van der Waals surface area contributed by atoms with Crippen molar-refractivity contribution >= 4 is 5.97 Å². The van der Waals surface area contributed by atoms with Gasteiger partial charge in [-0.1, -0.05) is 13.8 Å². The van der Waals surface area contributed by atoms with Gasteiger partial charge in [0.15, 0.2) is 0 Å². The molecule has 102 valence electrons. The van der Waals surface area contributed by atoms with Gasteiger partial charge in [0.2, 0.25) is 0 Å². The Bertz CT molecular complexity index is 198. The lowest BCUT2D eigenvalue weighted by Gasteiger charge is -2.17. The Labute approximate surface area is 102 Å². The number of nitrogens with one attached hydrogen (secondary N) is 1. The van der Waals surface area contributed by atoms with Gasteiger partial charge >= 0.3 is 5.97 Å². The highest BCUT2D eigenvalue weighted by Gasteiger charge is 2.17. The molecule has 0 saturated carbocycles. The second-order valence-corrected chi connectivity index (χ2v) is 3.89. The molecule has 1 unspecified atom stereocenters. The van der Waals surface area contributed by atoms with Crippen molar-refractivity contribution in [1.29, 1.82) is 0 Å². The van der Waals surface area contributed by atoms with E-state index in [-0.39, 0.29) is 12.6 Å². The second-order valence-electron chi connectivity index (χ2n) is 3.89. The first kappa shape index (κ1) is 16.3. The highest BCUT2D eigenvalue weighted by atomic mass is 16.5. The number of rotatable bonds is 11. The van der Waals surface area contributed by atoms with Gasteiger partial charge in [0.05, 0.1) is 33.0 Å². The number of hydrogen-bond acceptors (Lipinski definition) is 5. The SMILES string of the molecule is COCCOCCOCC(NC(C)C)C(=O)O. The molecule has 0 aliphatic heterocycles. The van der Waals surface area contributed by atoms with Crippen LogP contribution in [0, 0.1) is 0 Å². The monoisotopic (exact) mass is 249 g/mol. The topological polar surface area (TPSA) is 77.0 Å². The molecule has 0 fully saturated rings. The Hall–Kier alpha value is -0.690. The van der Waals surface area contributed by atoms with Crippen LogP contribution in [0.5, 0.6) is 0 Å². The molecule has 2 N–H and O–H groups in total. The van der Waals surface area contributed by atoms with Crippen molar-refractivity contribution in [2.75, 3.05) is 40.1 Å². The molecule has 6 heteroatoms. The predicted molar refractivity (Wildman–Crippen MR) is 63.2 cm³/mol. The number of hydrogen-bond donors (Lipinski definition) is 2. The van der Waals surface area contributed by atoms with E-state index in [4.69, 9.17) is 19.3 Å². The van der Waals surface area contributed by atoms with Crippen LogP contribution in [0.4, 0.5) is 0 Å². The van der Waals surface area contributed by atoms with E-state index < -0.39 is 12.0 Å². The van der Waals surface area contributed by atoms with Gasteiger partial charge in [-0.15, -0.1) is 0 Å². The molecule has 6 nitrogen and oxygen atoms in total. The molecule has 0 heterocycles. The third-order valence-electron chi connectivity index (χ3n) is 1.92. The first-order valence-electron chi connectivity index (χ1n) is 5.71. The normalized spacial score (nSPS) is 12.9. The fourth-order valence-corrected chi connectivity index (χ4v) is 1.16. The molecular formula is C11H23NO5. The van der Waals surface area contributed by atoms with Gasteiger partial charge in [0.25, 0.3) is 0 Å². The maximum absolute atomic E-state index is 10.8. The van der Waals surface area contributed by atoms with E-state index in [0.717, 1.165) is 0 Å². The van der Waals surface area contributed by atoms with Crippen LogP contribution in [0.25, 0.3) is 0 Å². The number of ether oxygens (including phenoxy) is 3. The fourth-order valence-electron chi connectivity index (χ4n) is 1.16. The lowest BCUT2D eigenvalue weighted by molar-refractivity contribution is -0.141. The Morgan fingerprint density at radius 3 is 2.29 bits per heavy atom. The van der Waals surface area contributed by atoms with E-state index in [2.05, 4.69) is 5.32 Å². The summed E-state index contributed by atoms with van der Waals surface area (Å²) < 4.78 is 15.2. The molecule has 0 aliphatic rings. The van der Waals surface area contributed by atoms with Gasteiger partial charge in [-0.25, -0.2) is 0 Å². The van der Waals surface area contributed by atoms with Crippen LogP contribution in [-0.4, -0.2) is 63.3 Å². The molecule has 0 aromatic rings. The Morgan fingerprint density at radius 2 is 1.76 bits per heavy atom. The number of aliphatic carboxylic acids is 1. The molecule has 1 atom stereocenters.